The van der Waals surface area contributed by atoms with Crippen LogP contribution >= 0.6 is 0 Å². The quantitative estimate of drug-likeness (QED) is 0.627. The Morgan fingerprint density at radius 3 is 2.54 bits per heavy atom. The van der Waals surface area contributed by atoms with Crippen molar-refractivity contribution in [1.82, 2.24) is 9.80 Å². The molecule has 3 aliphatic heterocycles. The first-order chi connectivity index (χ1) is 17.0. The number of ether oxygens (including phenoxy) is 4. The van der Waals surface area contributed by atoms with Gasteiger partial charge in [-0.15, -0.1) is 0 Å². The van der Waals surface area contributed by atoms with Crippen LogP contribution in [0.2, 0.25) is 0 Å². The van der Waals surface area contributed by atoms with Gasteiger partial charge in [0.2, 0.25) is 12.7 Å². The molecule has 35 heavy (non-hydrogen) atoms. The van der Waals surface area contributed by atoms with Gasteiger partial charge in [0.25, 0.3) is 5.91 Å². The van der Waals surface area contributed by atoms with Crippen LogP contribution in [0.25, 0.3) is 0 Å². The molecular formula is C26H29FN2O6. The SMILES string of the molecule is O=C(C[C@]1(COc2ccc(F)cc2)CCCN(C(=O)c2ccc3c(c2)OCO3)C1)N1CCOCC1. The number of carbonyl (C=O) groups is 2. The molecule has 5 rings (SSSR count). The van der Waals surface area contributed by atoms with Crippen LogP contribution in [-0.2, 0) is 9.53 Å². The highest BCUT2D eigenvalue weighted by atomic mass is 19.1. The first-order valence-corrected chi connectivity index (χ1v) is 11.9. The number of fused-ring (bicyclic) bond motifs is 1. The van der Waals surface area contributed by atoms with Crippen molar-refractivity contribution in [1.29, 1.82) is 0 Å². The topological polar surface area (TPSA) is 77.5 Å². The number of morpholine rings is 1. The van der Waals surface area contributed by atoms with Crippen molar-refractivity contribution in [2.24, 2.45) is 5.41 Å². The van der Waals surface area contributed by atoms with Crippen molar-refractivity contribution < 1.29 is 32.9 Å². The Bertz CT molecular complexity index is 1070. The smallest absolute Gasteiger partial charge is 0.254 e. The minimum Gasteiger partial charge on any atom is -0.493 e. The van der Waals surface area contributed by atoms with Crippen LogP contribution in [0, 0.1) is 11.2 Å². The van der Waals surface area contributed by atoms with E-state index >= 15 is 0 Å². The fourth-order valence-electron chi connectivity index (χ4n) is 4.92. The van der Waals surface area contributed by atoms with Gasteiger partial charge in [0, 0.05) is 43.6 Å². The molecule has 8 nitrogen and oxygen atoms in total. The van der Waals surface area contributed by atoms with E-state index in [-0.39, 0.29) is 37.5 Å². The standard InChI is InChI=1S/C26H29FN2O6/c27-20-3-5-21(6-4-20)33-17-26(15-24(30)28-10-12-32-13-11-28)8-1-9-29(16-26)25(31)19-2-7-22-23(14-19)35-18-34-22/h2-7,14H,1,8-13,15-18H2/t26-/m1/s1. The summed E-state index contributed by atoms with van der Waals surface area (Å²) in [4.78, 5) is 30.3. The number of piperidine rings is 1. The summed E-state index contributed by atoms with van der Waals surface area (Å²) in [5.74, 6) is 1.29. The van der Waals surface area contributed by atoms with Gasteiger partial charge < -0.3 is 28.7 Å². The number of rotatable bonds is 6. The lowest BCUT2D eigenvalue weighted by Gasteiger charge is -2.43. The Morgan fingerprint density at radius 2 is 1.74 bits per heavy atom. The Balaban J connectivity index is 1.34. The van der Waals surface area contributed by atoms with Gasteiger partial charge in [-0.05, 0) is 55.3 Å². The van der Waals surface area contributed by atoms with Gasteiger partial charge >= 0.3 is 0 Å². The van der Waals surface area contributed by atoms with E-state index in [9.17, 15) is 14.0 Å². The van der Waals surface area contributed by atoms with Crippen molar-refractivity contribution in [2.75, 3.05) is 52.8 Å². The van der Waals surface area contributed by atoms with Gasteiger partial charge in [-0.25, -0.2) is 4.39 Å². The molecule has 0 N–H and O–H groups in total. The highest BCUT2D eigenvalue weighted by Crippen LogP contribution is 2.37. The molecule has 0 aliphatic carbocycles. The first-order valence-electron chi connectivity index (χ1n) is 11.9. The minimum atomic E-state index is -0.561. The van der Waals surface area contributed by atoms with Crippen molar-refractivity contribution >= 4 is 11.8 Å². The normalized spacial score (nSPS) is 21.6. The van der Waals surface area contributed by atoms with E-state index in [1.165, 1.54) is 12.1 Å². The number of nitrogens with zero attached hydrogens (tertiary/aromatic N) is 2. The van der Waals surface area contributed by atoms with E-state index in [4.69, 9.17) is 18.9 Å². The molecule has 0 bridgehead atoms. The summed E-state index contributed by atoms with van der Waals surface area (Å²) >= 11 is 0. The second-order valence-corrected chi connectivity index (χ2v) is 9.31. The highest BCUT2D eigenvalue weighted by molar-refractivity contribution is 5.95. The van der Waals surface area contributed by atoms with Crippen LogP contribution in [-0.4, -0.2) is 74.4 Å². The van der Waals surface area contributed by atoms with Gasteiger partial charge in [-0.1, -0.05) is 0 Å². The third-order valence-corrected chi connectivity index (χ3v) is 6.82. The molecular weight excluding hydrogens is 455 g/mol. The van der Waals surface area contributed by atoms with Gasteiger partial charge in [-0.2, -0.15) is 0 Å². The molecule has 3 heterocycles. The highest BCUT2D eigenvalue weighted by Gasteiger charge is 2.41. The average molecular weight is 485 g/mol. The van der Waals surface area contributed by atoms with Crippen LogP contribution in [0.4, 0.5) is 4.39 Å². The number of benzene rings is 2. The van der Waals surface area contributed by atoms with Crippen LogP contribution in [0.1, 0.15) is 29.6 Å². The van der Waals surface area contributed by atoms with Crippen LogP contribution in [0.15, 0.2) is 42.5 Å². The number of hydrogen-bond donors (Lipinski definition) is 0. The van der Waals surface area contributed by atoms with Gasteiger partial charge in [0.1, 0.15) is 11.6 Å². The van der Waals surface area contributed by atoms with Crippen LogP contribution < -0.4 is 14.2 Å². The average Bonchev–Trinajstić information content (AvgIpc) is 3.37. The molecule has 1 atom stereocenters. The van der Waals surface area contributed by atoms with E-state index in [0.29, 0.717) is 62.2 Å². The molecule has 2 aromatic rings. The molecule has 0 radical (unpaired) electrons. The largest absolute Gasteiger partial charge is 0.493 e. The molecule has 9 heteroatoms. The molecule has 0 saturated carbocycles. The van der Waals surface area contributed by atoms with Gasteiger partial charge in [0.15, 0.2) is 11.5 Å². The second-order valence-electron chi connectivity index (χ2n) is 9.31. The Morgan fingerprint density at radius 1 is 0.971 bits per heavy atom. The summed E-state index contributed by atoms with van der Waals surface area (Å²) in [5, 5.41) is 0. The van der Waals surface area contributed by atoms with Gasteiger partial charge in [-0.3, -0.25) is 9.59 Å². The van der Waals surface area contributed by atoms with E-state index in [1.807, 2.05) is 4.90 Å². The Kier molecular flexibility index (Phi) is 6.77. The lowest BCUT2D eigenvalue weighted by molar-refractivity contribution is -0.139. The van der Waals surface area contributed by atoms with Crippen molar-refractivity contribution in [3.8, 4) is 17.2 Å². The second kappa shape index (κ2) is 10.1. The maximum Gasteiger partial charge on any atom is 0.254 e. The molecule has 2 aromatic carbocycles. The number of likely N-dealkylation sites (tertiary alicyclic amines) is 1. The van der Waals surface area contributed by atoms with Crippen molar-refractivity contribution in [3.05, 3.63) is 53.8 Å². The third kappa shape index (κ3) is 5.35. The zero-order valence-electron chi connectivity index (χ0n) is 19.5. The Hall–Kier alpha value is -3.33. The summed E-state index contributed by atoms with van der Waals surface area (Å²) < 4.78 is 35.6. The number of halogens is 1. The predicted octanol–water partition coefficient (Wildman–Crippen LogP) is 3.10. The van der Waals surface area contributed by atoms with Crippen molar-refractivity contribution in [3.63, 3.8) is 0 Å². The van der Waals surface area contributed by atoms with E-state index in [2.05, 4.69) is 0 Å². The number of carbonyl (C=O) groups excluding carboxylic acids is 2. The molecule has 0 unspecified atom stereocenters. The number of hydrogen-bond acceptors (Lipinski definition) is 6. The maximum atomic E-state index is 13.4. The molecule has 0 aromatic heterocycles. The molecule has 3 aliphatic rings. The molecule has 2 saturated heterocycles. The first kappa shape index (κ1) is 23.4. The fourth-order valence-corrected chi connectivity index (χ4v) is 4.92. The molecule has 0 spiro atoms. The van der Waals surface area contributed by atoms with E-state index in [1.54, 1.807) is 35.2 Å². The van der Waals surface area contributed by atoms with Crippen LogP contribution in [0.3, 0.4) is 0 Å². The summed E-state index contributed by atoms with van der Waals surface area (Å²) in [5.41, 5.74) is -0.0439. The summed E-state index contributed by atoms with van der Waals surface area (Å²) in [6, 6.07) is 11.0. The monoisotopic (exact) mass is 484 g/mol. The fraction of sp³-hybridized carbons (Fsp3) is 0.462. The van der Waals surface area contributed by atoms with Gasteiger partial charge in [0.05, 0.1) is 19.8 Å². The van der Waals surface area contributed by atoms with Crippen molar-refractivity contribution in [2.45, 2.75) is 19.3 Å². The lowest BCUT2D eigenvalue weighted by atomic mass is 9.77. The Labute approximate surface area is 203 Å². The molecule has 2 amide bonds. The van der Waals surface area contributed by atoms with Crippen LogP contribution in [0.5, 0.6) is 17.2 Å². The summed E-state index contributed by atoms with van der Waals surface area (Å²) in [6.07, 6.45) is 1.76. The number of amides is 2. The summed E-state index contributed by atoms with van der Waals surface area (Å²) in [7, 11) is 0. The predicted molar refractivity (Wildman–Crippen MR) is 124 cm³/mol. The molecule has 186 valence electrons. The molecule has 2 fully saturated rings. The summed E-state index contributed by atoms with van der Waals surface area (Å²) in [6.45, 7) is 3.55. The zero-order chi connectivity index (χ0) is 24.3. The minimum absolute atomic E-state index is 0.0355. The van der Waals surface area contributed by atoms with E-state index in [0.717, 1.165) is 12.8 Å². The zero-order valence-corrected chi connectivity index (χ0v) is 19.5. The lowest BCUT2D eigenvalue weighted by Crippen LogP contribution is -2.52. The maximum absolute atomic E-state index is 13.4. The van der Waals surface area contributed by atoms with E-state index < -0.39 is 5.41 Å². The third-order valence-electron chi connectivity index (χ3n) is 6.82.